The zero-order valence-corrected chi connectivity index (χ0v) is 8.69. The van der Waals surface area contributed by atoms with Crippen LogP contribution in [0.4, 0.5) is 0 Å². The summed E-state index contributed by atoms with van der Waals surface area (Å²) in [6.07, 6.45) is 0. The smallest absolute Gasteiger partial charge is 0.321 e. The van der Waals surface area contributed by atoms with Gasteiger partial charge in [0.25, 0.3) is 0 Å². The van der Waals surface area contributed by atoms with Crippen molar-refractivity contribution in [2.24, 2.45) is 0 Å². The molecule has 0 spiro atoms. The van der Waals surface area contributed by atoms with E-state index in [1.807, 2.05) is 13.8 Å². The predicted octanol–water partition coefficient (Wildman–Crippen LogP) is 0.529. The first kappa shape index (κ1) is 10.8. The number of carboxylic acids is 1. The van der Waals surface area contributed by atoms with Crippen LogP contribution in [0.25, 0.3) is 0 Å². The second-order valence-electron chi connectivity index (χ2n) is 3.21. The maximum absolute atomic E-state index is 10.6. The van der Waals surface area contributed by atoms with E-state index in [0.29, 0.717) is 19.0 Å². The van der Waals surface area contributed by atoms with Crippen molar-refractivity contribution in [1.29, 1.82) is 0 Å². The highest BCUT2D eigenvalue weighted by Crippen LogP contribution is 2.30. The zero-order valence-electron chi connectivity index (χ0n) is 7.87. The second-order valence-corrected chi connectivity index (χ2v) is 4.74. The minimum absolute atomic E-state index is 0.237. The van der Waals surface area contributed by atoms with Crippen molar-refractivity contribution in [3.63, 3.8) is 0 Å². The largest absolute Gasteiger partial charge is 0.480 e. The number of aliphatic carboxylic acids is 1. The van der Waals surface area contributed by atoms with Gasteiger partial charge in [0.1, 0.15) is 6.04 Å². The highest BCUT2D eigenvalue weighted by atomic mass is 32.2. The van der Waals surface area contributed by atoms with Gasteiger partial charge in [-0.3, -0.25) is 10.1 Å². The van der Waals surface area contributed by atoms with Crippen molar-refractivity contribution in [2.75, 3.05) is 19.0 Å². The Morgan fingerprint density at radius 1 is 1.85 bits per heavy atom. The van der Waals surface area contributed by atoms with E-state index in [1.165, 1.54) is 0 Å². The Morgan fingerprint density at radius 2 is 2.54 bits per heavy atom. The van der Waals surface area contributed by atoms with Crippen LogP contribution >= 0.6 is 11.8 Å². The van der Waals surface area contributed by atoms with Crippen molar-refractivity contribution in [3.8, 4) is 0 Å². The van der Waals surface area contributed by atoms with Gasteiger partial charge in [0.15, 0.2) is 0 Å². The minimum atomic E-state index is -0.785. The van der Waals surface area contributed by atoms with E-state index in [1.54, 1.807) is 11.8 Å². The molecular formula is C8H15NO3S. The van der Waals surface area contributed by atoms with E-state index in [-0.39, 0.29) is 4.87 Å². The molecule has 1 unspecified atom stereocenters. The Balaban J connectivity index is 2.41. The lowest BCUT2D eigenvalue weighted by Crippen LogP contribution is -2.45. The molecule has 1 aliphatic rings. The molecule has 0 aromatic carbocycles. The molecule has 1 saturated heterocycles. The summed E-state index contributed by atoms with van der Waals surface area (Å²) >= 11 is 1.60. The standard InChI is InChI=1S/C8H15NO3S/c1-3-12-5-8(2)9-6(4-13-8)7(10)11/h6,9H,3-5H2,1-2H3,(H,10,11)/t6-,8?/m0/s1. The van der Waals surface area contributed by atoms with Gasteiger partial charge in [-0.15, -0.1) is 11.8 Å². The van der Waals surface area contributed by atoms with Gasteiger partial charge in [0.2, 0.25) is 0 Å². The van der Waals surface area contributed by atoms with E-state index in [9.17, 15) is 4.79 Å². The minimum Gasteiger partial charge on any atom is -0.480 e. The first-order valence-corrected chi connectivity index (χ1v) is 5.28. The van der Waals surface area contributed by atoms with Gasteiger partial charge < -0.3 is 9.84 Å². The van der Waals surface area contributed by atoms with Crippen LogP contribution in [0.15, 0.2) is 0 Å². The van der Waals surface area contributed by atoms with E-state index >= 15 is 0 Å². The SMILES string of the molecule is CCOCC1(C)N[C@H](C(=O)O)CS1. The third-order valence-electron chi connectivity index (χ3n) is 1.93. The molecular weight excluding hydrogens is 190 g/mol. The molecule has 2 atom stereocenters. The molecule has 0 amide bonds. The van der Waals surface area contributed by atoms with Crippen LogP contribution in [0, 0.1) is 0 Å². The van der Waals surface area contributed by atoms with E-state index in [4.69, 9.17) is 9.84 Å². The average molecular weight is 205 g/mol. The third kappa shape index (κ3) is 2.86. The summed E-state index contributed by atoms with van der Waals surface area (Å²) in [5, 5.41) is 11.8. The van der Waals surface area contributed by atoms with E-state index < -0.39 is 12.0 Å². The van der Waals surface area contributed by atoms with Crippen LogP contribution in [0.2, 0.25) is 0 Å². The summed E-state index contributed by atoms with van der Waals surface area (Å²) in [5.74, 6) is -0.174. The second kappa shape index (κ2) is 4.30. The van der Waals surface area contributed by atoms with E-state index in [2.05, 4.69) is 5.32 Å². The number of nitrogens with one attached hydrogen (secondary N) is 1. The van der Waals surface area contributed by atoms with Gasteiger partial charge in [-0.2, -0.15) is 0 Å². The molecule has 13 heavy (non-hydrogen) atoms. The molecule has 1 rings (SSSR count). The molecule has 0 saturated carbocycles. The normalized spacial score (nSPS) is 33.5. The first-order valence-electron chi connectivity index (χ1n) is 4.29. The molecule has 0 bridgehead atoms. The summed E-state index contributed by atoms with van der Waals surface area (Å²) < 4.78 is 5.27. The molecule has 0 radical (unpaired) electrons. The van der Waals surface area contributed by atoms with Crippen molar-refractivity contribution in [3.05, 3.63) is 0 Å². The molecule has 1 fully saturated rings. The van der Waals surface area contributed by atoms with Gasteiger partial charge in [-0.1, -0.05) is 0 Å². The number of ether oxygens (including phenoxy) is 1. The van der Waals surface area contributed by atoms with Crippen molar-refractivity contribution in [1.82, 2.24) is 5.32 Å². The number of carboxylic acid groups (broad SMARTS) is 1. The summed E-state index contributed by atoms with van der Waals surface area (Å²) in [6.45, 7) is 5.11. The number of hydrogen-bond donors (Lipinski definition) is 2. The molecule has 1 aliphatic heterocycles. The van der Waals surface area contributed by atoms with Gasteiger partial charge in [-0.25, -0.2) is 0 Å². The summed E-state index contributed by atoms with van der Waals surface area (Å²) in [5.41, 5.74) is 0. The van der Waals surface area contributed by atoms with Gasteiger partial charge in [-0.05, 0) is 13.8 Å². The first-order chi connectivity index (χ1) is 6.07. The Kier molecular flexibility index (Phi) is 3.58. The fourth-order valence-corrected chi connectivity index (χ4v) is 2.39. The van der Waals surface area contributed by atoms with Crippen molar-refractivity contribution in [2.45, 2.75) is 24.8 Å². The maximum Gasteiger partial charge on any atom is 0.321 e. The molecule has 76 valence electrons. The molecule has 2 N–H and O–H groups in total. The summed E-state index contributed by atoms with van der Waals surface area (Å²) in [6, 6.07) is -0.435. The molecule has 5 heteroatoms. The number of hydrogen-bond acceptors (Lipinski definition) is 4. The number of carbonyl (C=O) groups is 1. The van der Waals surface area contributed by atoms with Crippen LogP contribution in [-0.4, -0.2) is 41.0 Å². The van der Waals surface area contributed by atoms with Crippen molar-refractivity contribution >= 4 is 17.7 Å². The monoisotopic (exact) mass is 205 g/mol. The van der Waals surface area contributed by atoms with Crippen LogP contribution in [0.3, 0.4) is 0 Å². The Morgan fingerprint density at radius 3 is 3.00 bits per heavy atom. The van der Waals surface area contributed by atoms with Crippen LogP contribution in [-0.2, 0) is 9.53 Å². The fraction of sp³-hybridized carbons (Fsp3) is 0.875. The lowest BCUT2D eigenvalue weighted by molar-refractivity contribution is -0.139. The Bertz CT molecular complexity index is 200. The highest BCUT2D eigenvalue weighted by molar-refractivity contribution is 8.00. The van der Waals surface area contributed by atoms with Gasteiger partial charge >= 0.3 is 5.97 Å². The predicted molar refractivity (Wildman–Crippen MR) is 51.9 cm³/mol. The van der Waals surface area contributed by atoms with Crippen LogP contribution < -0.4 is 5.32 Å². The zero-order chi connectivity index (χ0) is 9.90. The van der Waals surface area contributed by atoms with Gasteiger partial charge in [0.05, 0.1) is 11.5 Å². The molecule has 1 heterocycles. The van der Waals surface area contributed by atoms with Crippen LogP contribution in [0.5, 0.6) is 0 Å². The lowest BCUT2D eigenvalue weighted by atomic mass is 10.3. The number of rotatable bonds is 4. The lowest BCUT2D eigenvalue weighted by Gasteiger charge is -2.23. The topological polar surface area (TPSA) is 58.6 Å². The van der Waals surface area contributed by atoms with E-state index in [0.717, 1.165) is 0 Å². The highest BCUT2D eigenvalue weighted by Gasteiger charge is 2.38. The van der Waals surface area contributed by atoms with Gasteiger partial charge in [0, 0.05) is 12.4 Å². The maximum atomic E-state index is 10.6. The average Bonchev–Trinajstić information content (AvgIpc) is 2.46. The fourth-order valence-electron chi connectivity index (χ4n) is 1.23. The Hall–Kier alpha value is -0.260. The van der Waals surface area contributed by atoms with Crippen LogP contribution in [0.1, 0.15) is 13.8 Å². The molecule has 0 aromatic rings. The Labute approximate surface area is 82.0 Å². The summed E-state index contributed by atoms with van der Waals surface area (Å²) in [4.78, 5) is 10.4. The molecule has 0 aliphatic carbocycles. The number of thioether (sulfide) groups is 1. The third-order valence-corrected chi connectivity index (χ3v) is 3.30. The van der Waals surface area contributed by atoms with Crippen molar-refractivity contribution < 1.29 is 14.6 Å². The molecule has 0 aromatic heterocycles. The quantitative estimate of drug-likeness (QED) is 0.701. The molecule has 4 nitrogen and oxygen atoms in total. The summed E-state index contributed by atoms with van der Waals surface area (Å²) in [7, 11) is 0.